The molecule has 0 aromatic rings. The van der Waals surface area contributed by atoms with E-state index in [1.807, 2.05) is 0 Å². The summed E-state index contributed by atoms with van der Waals surface area (Å²) in [7, 11) is 0. The predicted molar refractivity (Wildman–Crippen MR) is 261 cm³/mol. The SMILES string of the molecule is CCCC/C=C\C=C/CCCCCC(=O)OCC(COC(=O)CCC/C=C\C/C=C\C/C=C\CCCCCCCC)OC(=O)CCCCCCCCCCCCCCCCC. The minimum Gasteiger partial charge on any atom is -0.462 e. The molecule has 352 valence electrons. The van der Waals surface area contributed by atoms with Gasteiger partial charge in [-0.2, -0.15) is 0 Å². The molecule has 6 nitrogen and oxygen atoms in total. The lowest BCUT2D eigenvalue weighted by molar-refractivity contribution is -0.167. The van der Waals surface area contributed by atoms with Crippen LogP contribution in [0, 0.1) is 0 Å². The molecule has 0 saturated heterocycles. The number of allylic oxidation sites excluding steroid dienone is 10. The van der Waals surface area contributed by atoms with Crippen LogP contribution in [-0.4, -0.2) is 37.2 Å². The minimum absolute atomic E-state index is 0.102. The van der Waals surface area contributed by atoms with E-state index in [2.05, 4.69) is 81.5 Å². The van der Waals surface area contributed by atoms with E-state index < -0.39 is 6.10 Å². The first kappa shape index (κ1) is 58.1. The first-order valence-corrected chi connectivity index (χ1v) is 25.8. The highest BCUT2D eigenvalue weighted by molar-refractivity contribution is 5.71. The van der Waals surface area contributed by atoms with E-state index in [9.17, 15) is 14.4 Å². The van der Waals surface area contributed by atoms with Crippen LogP contribution in [0.2, 0.25) is 0 Å². The number of carbonyl (C=O) groups excluding carboxylic acids is 3. The van der Waals surface area contributed by atoms with E-state index in [0.717, 1.165) is 70.6 Å². The fourth-order valence-corrected chi connectivity index (χ4v) is 7.08. The van der Waals surface area contributed by atoms with Gasteiger partial charge in [0.2, 0.25) is 0 Å². The number of carbonyl (C=O) groups is 3. The van der Waals surface area contributed by atoms with Crippen molar-refractivity contribution in [2.75, 3.05) is 13.2 Å². The zero-order valence-corrected chi connectivity index (χ0v) is 40.2. The second-order valence-electron chi connectivity index (χ2n) is 17.1. The molecule has 0 aliphatic heterocycles. The summed E-state index contributed by atoms with van der Waals surface area (Å²) < 4.78 is 16.7. The molecule has 61 heavy (non-hydrogen) atoms. The standard InChI is InChI=1S/C55H96O6/c1-4-7-10-13-16-19-22-24-26-27-29-30-33-36-39-42-45-48-54(57)60-51-52(50-59-53(56)47-44-41-38-35-32-21-18-15-12-9-6-3)61-55(58)49-46-43-40-37-34-31-28-25-23-20-17-14-11-8-5-2/h15,18,21,24,26,29-30,32,36,39,52H,4-14,16-17,19-20,22-23,25,27-28,31,33-35,37-38,40-51H2,1-3H3/b18-15-,26-24-,30-29-,32-21-,39-36-. The molecule has 0 aliphatic carbocycles. The van der Waals surface area contributed by atoms with Crippen molar-refractivity contribution in [3.05, 3.63) is 60.8 Å². The van der Waals surface area contributed by atoms with Crippen molar-refractivity contribution in [1.29, 1.82) is 0 Å². The molecule has 0 aromatic heterocycles. The lowest BCUT2D eigenvalue weighted by Gasteiger charge is -2.18. The average Bonchev–Trinajstić information content (AvgIpc) is 3.26. The Morgan fingerprint density at radius 1 is 0.344 bits per heavy atom. The molecule has 0 rings (SSSR count). The maximum Gasteiger partial charge on any atom is 0.306 e. The number of esters is 3. The highest BCUT2D eigenvalue weighted by Crippen LogP contribution is 2.15. The van der Waals surface area contributed by atoms with Crippen LogP contribution in [0.4, 0.5) is 0 Å². The number of ether oxygens (including phenoxy) is 3. The third-order valence-corrected chi connectivity index (χ3v) is 11.0. The van der Waals surface area contributed by atoms with Crippen LogP contribution < -0.4 is 0 Å². The van der Waals surface area contributed by atoms with Crippen molar-refractivity contribution in [2.24, 2.45) is 0 Å². The first-order chi connectivity index (χ1) is 30.0. The van der Waals surface area contributed by atoms with Crippen molar-refractivity contribution < 1.29 is 28.6 Å². The van der Waals surface area contributed by atoms with Crippen molar-refractivity contribution in [2.45, 2.75) is 258 Å². The zero-order valence-electron chi connectivity index (χ0n) is 40.2. The van der Waals surface area contributed by atoms with E-state index in [-0.39, 0.29) is 37.5 Å². The van der Waals surface area contributed by atoms with Gasteiger partial charge in [-0.05, 0) is 70.6 Å². The zero-order chi connectivity index (χ0) is 44.4. The van der Waals surface area contributed by atoms with Crippen LogP contribution in [-0.2, 0) is 28.6 Å². The Labute approximate surface area is 377 Å². The Bertz CT molecular complexity index is 1120. The number of unbranched alkanes of at least 4 members (excludes halogenated alkanes) is 26. The fourth-order valence-electron chi connectivity index (χ4n) is 7.08. The van der Waals surface area contributed by atoms with Crippen LogP contribution in [0.3, 0.4) is 0 Å². The van der Waals surface area contributed by atoms with Crippen LogP contribution in [0.1, 0.15) is 252 Å². The molecule has 0 saturated carbocycles. The number of hydrogen-bond acceptors (Lipinski definition) is 6. The Balaban J connectivity index is 4.45. The molecule has 1 unspecified atom stereocenters. The smallest absolute Gasteiger partial charge is 0.306 e. The van der Waals surface area contributed by atoms with Gasteiger partial charge < -0.3 is 14.2 Å². The van der Waals surface area contributed by atoms with Crippen molar-refractivity contribution in [3.63, 3.8) is 0 Å². The van der Waals surface area contributed by atoms with Gasteiger partial charge in [0.15, 0.2) is 6.10 Å². The summed E-state index contributed by atoms with van der Waals surface area (Å²) in [6.07, 6.45) is 60.7. The Morgan fingerprint density at radius 3 is 1.15 bits per heavy atom. The number of hydrogen-bond donors (Lipinski definition) is 0. The third kappa shape index (κ3) is 48.0. The molecular formula is C55H96O6. The van der Waals surface area contributed by atoms with Crippen molar-refractivity contribution in [3.8, 4) is 0 Å². The predicted octanol–water partition coefficient (Wildman–Crippen LogP) is 16.9. The van der Waals surface area contributed by atoms with Crippen LogP contribution in [0.15, 0.2) is 60.8 Å². The van der Waals surface area contributed by atoms with E-state index in [1.54, 1.807) is 0 Å². The average molecular weight is 853 g/mol. The van der Waals surface area contributed by atoms with Gasteiger partial charge in [0.1, 0.15) is 13.2 Å². The molecule has 0 spiro atoms. The second-order valence-corrected chi connectivity index (χ2v) is 17.1. The van der Waals surface area contributed by atoms with Gasteiger partial charge >= 0.3 is 17.9 Å². The van der Waals surface area contributed by atoms with Gasteiger partial charge in [-0.15, -0.1) is 0 Å². The van der Waals surface area contributed by atoms with Crippen molar-refractivity contribution >= 4 is 17.9 Å². The lowest BCUT2D eigenvalue weighted by Crippen LogP contribution is -2.30. The first-order valence-electron chi connectivity index (χ1n) is 25.8. The topological polar surface area (TPSA) is 78.9 Å². The van der Waals surface area contributed by atoms with Gasteiger partial charge in [0.05, 0.1) is 0 Å². The minimum atomic E-state index is -0.802. The summed E-state index contributed by atoms with van der Waals surface area (Å²) in [4.78, 5) is 37.9. The lowest BCUT2D eigenvalue weighted by atomic mass is 10.0. The van der Waals surface area contributed by atoms with E-state index in [1.165, 1.54) is 135 Å². The van der Waals surface area contributed by atoms with Gasteiger partial charge in [-0.25, -0.2) is 0 Å². The largest absolute Gasteiger partial charge is 0.462 e. The van der Waals surface area contributed by atoms with E-state index in [0.29, 0.717) is 19.3 Å². The van der Waals surface area contributed by atoms with Gasteiger partial charge in [0, 0.05) is 19.3 Å². The van der Waals surface area contributed by atoms with Crippen molar-refractivity contribution in [1.82, 2.24) is 0 Å². The third-order valence-electron chi connectivity index (χ3n) is 11.0. The van der Waals surface area contributed by atoms with Crippen LogP contribution >= 0.6 is 0 Å². The molecule has 0 radical (unpaired) electrons. The van der Waals surface area contributed by atoms with Crippen LogP contribution in [0.5, 0.6) is 0 Å². The molecule has 0 fully saturated rings. The van der Waals surface area contributed by atoms with Gasteiger partial charge in [0.25, 0.3) is 0 Å². The molecular weight excluding hydrogens is 757 g/mol. The summed E-state index contributed by atoms with van der Waals surface area (Å²) in [6, 6.07) is 0. The molecule has 0 bridgehead atoms. The van der Waals surface area contributed by atoms with E-state index in [4.69, 9.17) is 14.2 Å². The second kappa shape index (κ2) is 49.8. The van der Waals surface area contributed by atoms with Crippen LogP contribution in [0.25, 0.3) is 0 Å². The molecule has 1 atom stereocenters. The molecule has 0 aromatic carbocycles. The Hall–Kier alpha value is -2.89. The maximum absolute atomic E-state index is 12.8. The highest BCUT2D eigenvalue weighted by atomic mass is 16.6. The molecule has 0 N–H and O–H groups in total. The summed E-state index contributed by atoms with van der Waals surface area (Å²) in [5.41, 5.74) is 0. The molecule has 0 aliphatic rings. The van der Waals surface area contributed by atoms with Gasteiger partial charge in [-0.3, -0.25) is 14.4 Å². The number of rotatable bonds is 46. The highest BCUT2D eigenvalue weighted by Gasteiger charge is 2.19. The Kier molecular flexibility index (Phi) is 47.4. The fraction of sp³-hybridized carbons (Fsp3) is 0.764. The van der Waals surface area contributed by atoms with E-state index >= 15 is 0 Å². The summed E-state index contributed by atoms with van der Waals surface area (Å²) in [6.45, 7) is 6.52. The molecule has 0 heterocycles. The maximum atomic E-state index is 12.8. The normalized spacial score (nSPS) is 12.5. The Morgan fingerprint density at radius 2 is 0.672 bits per heavy atom. The summed E-state index contributed by atoms with van der Waals surface area (Å²) in [5.74, 6) is -0.976. The summed E-state index contributed by atoms with van der Waals surface area (Å²) in [5, 5.41) is 0. The monoisotopic (exact) mass is 853 g/mol. The summed E-state index contributed by atoms with van der Waals surface area (Å²) >= 11 is 0. The molecule has 0 amide bonds. The van der Waals surface area contributed by atoms with Gasteiger partial charge in [-0.1, -0.05) is 223 Å². The molecule has 6 heteroatoms. The quantitative estimate of drug-likeness (QED) is 0.0200.